The molecule has 0 fully saturated rings. The standard InChI is InChI=1S/C36H23NO21/c1-54-32(48)14-5-20(40)29(45)24(9-14)58-36(52)16-7-22(42)30(46)25(11-16)56-33(49)12-2-17(37-53)27(43)23(8-12)55-35(51)15-6-21(41)31(47)26(10-15)57-34(50)13-3-18(38)28(44)19(39)4-13/h2-11,38-47H,1H3. The first-order valence-corrected chi connectivity index (χ1v) is 15.4. The number of carbonyl (C=O) groups excluding carboxylic acids is 5. The van der Waals surface area contributed by atoms with Crippen LogP contribution in [0.25, 0.3) is 0 Å². The fourth-order valence-electron chi connectivity index (χ4n) is 4.70. The molecule has 0 heterocycles. The van der Waals surface area contributed by atoms with Gasteiger partial charge in [0.15, 0.2) is 68.9 Å². The van der Waals surface area contributed by atoms with Crippen molar-refractivity contribution in [3.8, 4) is 80.5 Å². The highest BCUT2D eigenvalue weighted by Gasteiger charge is 2.26. The highest BCUT2D eigenvalue weighted by atomic mass is 16.6. The molecule has 0 saturated carbocycles. The van der Waals surface area contributed by atoms with Crippen LogP contribution in [0.3, 0.4) is 0 Å². The van der Waals surface area contributed by atoms with Crippen molar-refractivity contribution in [2.75, 3.05) is 7.11 Å². The van der Waals surface area contributed by atoms with Crippen LogP contribution in [0.1, 0.15) is 51.8 Å². The van der Waals surface area contributed by atoms with E-state index in [1.165, 1.54) is 0 Å². The van der Waals surface area contributed by atoms with Crippen LogP contribution in [0, 0.1) is 4.91 Å². The van der Waals surface area contributed by atoms with E-state index in [9.17, 15) is 79.9 Å². The van der Waals surface area contributed by atoms with Gasteiger partial charge in [-0.15, -0.1) is 4.91 Å². The lowest BCUT2D eigenvalue weighted by molar-refractivity contribution is 0.0596. The molecule has 0 atom stereocenters. The molecule has 22 nitrogen and oxygen atoms in total. The van der Waals surface area contributed by atoms with Gasteiger partial charge < -0.3 is 74.7 Å². The summed E-state index contributed by atoms with van der Waals surface area (Å²) in [6, 6.07) is 6.78. The minimum Gasteiger partial charge on any atom is -0.504 e. The molecule has 0 saturated heterocycles. The summed E-state index contributed by atoms with van der Waals surface area (Å²) in [5.74, 6) is -20.5. The van der Waals surface area contributed by atoms with E-state index in [0.717, 1.165) is 19.2 Å². The van der Waals surface area contributed by atoms with E-state index in [4.69, 9.17) is 18.9 Å². The van der Waals surface area contributed by atoms with Crippen LogP contribution in [0.2, 0.25) is 0 Å². The second-order valence-corrected chi connectivity index (χ2v) is 11.4. The molecule has 5 aromatic rings. The normalized spacial score (nSPS) is 10.6. The SMILES string of the molecule is COC(=O)c1cc(O)c(O)c(OC(=O)c2cc(O)c(O)c(OC(=O)c3cc(N=O)c(O)c(OC(=O)c4cc(O)c(O)c(OC(=O)c5cc(O)c(O)c(O)c5)c4)c3)c2)c1. The fraction of sp³-hybridized carbons (Fsp3) is 0.0278. The number of phenolic OH excluding ortho intramolecular Hbond substituents is 10. The van der Waals surface area contributed by atoms with Crippen molar-refractivity contribution in [3.05, 3.63) is 93.4 Å². The molecule has 10 N–H and O–H groups in total. The van der Waals surface area contributed by atoms with Gasteiger partial charge in [0.1, 0.15) is 0 Å². The minimum atomic E-state index is -1.52. The lowest BCUT2D eigenvalue weighted by Crippen LogP contribution is -2.13. The van der Waals surface area contributed by atoms with Crippen LogP contribution in [0.4, 0.5) is 5.69 Å². The van der Waals surface area contributed by atoms with E-state index >= 15 is 0 Å². The second kappa shape index (κ2) is 15.8. The van der Waals surface area contributed by atoms with Gasteiger partial charge in [0.05, 0.1) is 34.9 Å². The van der Waals surface area contributed by atoms with Crippen molar-refractivity contribution >= 4 is 35.5 Å². The first kappa shape index (κ1) is 40.2. The molecule has 0 aliphatic heterocycles. The van der Waals surface area contributed by atoms with E-state index in [1.54, 1.807) is 0 Å². The fourth-order valence-corrected chi connectivity index (χ4v) is 4.70. The molecule has 22 heteroatoms. The van der Waals surface area contributed by atoms with E-state index in [-0.39, 0.29) is 5.56 Å². The van der Waals surface area contributed by atoms with Crippen molar-refractivity contribution in [2.24, 2.45) is 5.18 Å². The summed E-state index contributed by atoms with van der Waals surface area (Å²) >= 11 is 0. The lowest BCUT2D eigenvalue weighted by Gasteiger charge is -2.13. The van der Waals surface area contributed by atoms with Crippen LogP contribution < -0.4 is 18.9 Å². The summed E-state index contributed by atoms with van der Waals surface area (Å²) in [5.41, 5.74) is -3.94. The molecule has 0 bridgehead atoms. The lowest BCUT2D eigenvalue weighted by atomic mass is 10.1. The van der Waals surface area contributed by atoms with E-state index in [2.05, 4.69) is 9.91 Å². The summed E-state index contributed by atoms with van der Waals surface area (Å²) in [6.07, 6.45) is 0. The average molecular weight is 806 g/mol. The van der Waals surface area contributed by atoms with Gasteiger partial charge in [-0.3, -0.25) is 0 Å². The molecule has 5 rings (SSSR count). The first-order valence-electron chi connectivity index (χ1n) is 15.4. The number of hydrogen-bond acceptors (Lipinski definition) is 22. The zero-order valence-electron chi connectivity index (χ0n) is 28.7. The summed E-state index contributed by atoms with van der Waals surface area (Å²) in [4.78, 5) is 75.3. The number of rotatable bonds is 10. The van der Waals surface area contributed by atoms with Crippen molar-refractivity contribution in [3.63, 3.8) is 0 Å². The summed E-state index contributed by atoms with van der Waals surface area (Å²) < 4.78 is 24.6. The van der Waals surface area contributed by atoms with E-state index in [1.807, 2.05) is 0 Å². The zero-order valence-corrected chi connectivity index (χ0v) is 28.7. The topological polar surface area (TPSA) is 363 Å². The van der Waals surface area contributed by atoms with Crippen LogP contribution in [-0.2, 0) is 4.74 Å². The second-order valence-electron chi connectivity index (χ2n) is 11.4. The predicted molar refractivity (Wildman–Crippen MR) is 185 cm³/mol. The Morgan fingerprint density at radius 1 is 0.379 bits per heavy atom. The Morgan fingerprint density at radius 3 is 0.948 bits per heavy atom. The Hall–Kier alpha value is -8.95. The Bertz CT molecular complexity index is 2560. The Balaban J connectivity index is 1.40. The number of esters is 5. The smallest absolute Gasteiger partial charge is 0.343 e. The number of phenols is 10. The predicted octanol–water partition coefficient (Wildman–Crippen LogP) is 3.80. The monoisotopic (exact) mass is 805 g/mol. The van der Waals surface area contributed by atoms with Gasteiger partial charge in [-0.1, -0.05) is 0 Å². The maximum absolute atomic E-state index is 13.2. The molecule has 0 amide bonds. The van der Waals surface area contributed by atoms with Crippen LogP contribution in [-0.4, -0.2) is 88.0 Å². The maximum Gasteiger partial charge on any atom is 0.343 e. The largest absolute Gasteiger partial charge is 0.504 e. The van der Waals surface area contributed by atoms with Gasteiger partial charge in [0.25, 0.3) is 0 Å². The van der Waals surface area contributed by atoms with Crippen molar-refractivity contribution in [1.29, 1.82) is 0 Å². The molecule has 0 aliphatic carbocycles. The average Bonchev–Trinajstić information content (AvgIpc) is 3.18. The highest BCUT2D eigenvalue weighted by molar-refractivity contribution is 5.98. The molecule has 0 spiro atoms. The Labute approximate surface area is 320 Å². The summed E-state index contributed by atoms with van der Waals surface area (Å²) in [5, 5.41) is 103. The molecular weight excluding hydrogens is 782 g/mol. The number of hydrogen-bond donors (Lipinski definition) is 10. The quantitative estimate of drug-likeness (QED) is 0.0415. The molecule has 5 aromatic carbocycles. The number of ether oxygens (including phenoxy) is 5. The number of carbonyl (C=O) groups is 5. The number of nitroso groups, excluding NO2 is 1. The van der Waals surface area contributed by atoms with Gasteiger partial charge in [0, 0.05) is 0 Å². The number of methoxy groups -OCH3 is 1. The third-order valence-corrected chi connectivity index (χ3v) is 7.56. The van der Waals surface area contributed by atoms with Crippen molar-refractivity contribution in [1.82, 2.24) is 0 Å². The zero-order chi connectivity index (χ0) is 42.7. The minimum absolute atomic E-state index is 0.351. The van der Waals surface area contributed by atoms with E-state index < -0.39 is 138 Å². The van der Waals surface area contributed by atoms with Crippen molar-refractivity contribution in [2.45, 2.75) is 0 Å². The third kappa shape index (κ3) is 8.09. The molecule has 0 unspecified atom stereocenters. The molecule has 298 valence electrons. The first-order chi connectivity index (χ1) is 27.3. The molecule has 58 heavy (non-hydrogen) atoms. The third-order valence-electron chi connectivity index (χ3n) is 7.56. The number of benzene rings is 5. The van der Waals surface area contributed by atoms with E-state index in [0.29, 0.717) is 48.5 Å². The number of nitrogens with zero attached hydrogens (tertiary/aromatic N) is 1. The molecule has 0 aromatic heterocycles. The van der Waals surface area contributed by atoms with Crippen LogP contribution >= 0.6 is 0 Å². The van der Waals surface area contributed by atoms with Crippen LogP contribution in [0.5, 0.6) is 80.5 Å². The summed E-state index contributed by atoms with van der Waals surface area (Å²) in [6.45, 7) is 0. The van der Waals surface area contributed by atoms with Gasteiger partial charge >= 0.3 is 29.8 Å². The van der Waals surface area contributed by atoms with Gasteiger partial charge in [-0.2, -0.15) is 0 Å². The molecular formula is C36H23NO21. The molecule has 0 aliphatic rings. The van der Waals surface area contributed by atoms with Gasteiger partial charge in [-0.25, -0.2) is 24.0 Å². The number of aromatic hydroxyl groups is 10. The molecule has 0 radical (unpaired) electrons. The van der Waals surface area contributed by atoms with Crippen LogP contribution in [0.15, 0.2) is 65.8 Å². The summed E-state index contributed by atoms with van der Waals surface area (Å²) in [7, 11) is 1.01. The Kier molecular flexibility index (Phi) is 11.0. The maximum atomic E-state index is 13.2. The van der Waals surface area contributed by atoms with Gasteiger partial charge in [0.2, 0.25) is 17.2 Å². The highest BCUT2D eigenvalue weighted by Crippen LogP contribution is 2.43. The Morgan fingerprint density at radius 2 is 0.638 bits per heavy atom. The van der Waals surface area contributed by atoms with Crippen molar-refractivity contribution < 1.29 is 98.7 Å². The van der Waals surface area contributed by atoms with Gasteiger partial charge in [-0.05, 0) is 65.8 Å².